The first-order valence-corrected chi connectivity index (χ1v) is 11.5. The van der Waals surface area contributed by atoms with Crippen molar-refractivity contribution in [1.29, 1.82) is 0 Å². The van der Waals surface area contributed by atoms with Crippen molar-refractivity contribution >= 4 is 11.6 Å². The van der Waals surface area contributed by atoms with Crippen molar-refractivity contribution in [2.75, 3.05) is 32.7 Å². The molecule has 1 aromatic carbocycles. The van der Waals surface area contributed by atoms with Crippen LogP contribution in [-0.2, 0) is 0 Å². The zero-order valence-corrected chi connectivity index (χ0v) is 17.3. The minimum Gasteiger partial charge on any atom is -0.389 e. The highest BCUT2D eigenvalue weighted by molar-refractivity contribution is 6.30. The molecule has 3 fully saturated rings. The van der Waals surface area contributed by atoms with Gasteiger partial charge in [0.15, 0.2) is 0 Å². The van der Waals surface area contributed by atoms with E-state index in [-0.39, 0.29) is 5.92 Å². The number of hydrogen-bond acceptors (Lipinski definition) is 3. The van der Waals surface area contributed by atoms with E-state index in [2.05, 4.69) is 21.9 Å². The smallest absolute Gasteiger partial charge is 0.0728 e. The number of likely N-dealkylation sites (tertiary alicyclic amines) is 2. The third kappa shape index (κ3) is 4.70. The van der Waals surface area contributed by atoms with Crippen molar-refractivity contribution in [3.8, 4) is 0 Å². The molecule has 150 valence electrons. The predicted octanol–water partition coefficient (Wildman–Crippen LogP) is 4.68. The average Bonchev–Trinajstić information content (AvgIpc) is 3.22. The molecule has 1 unspecified atom stereocenters. The van der Waals surface area contributed by atoms with Crippen LogP contribution in [-0.4, -0.2) is 59.3 Å². The Kier molecular flexibility index (Phi) is 6.43. The molecule has 3 nitrogen and oxygen atoms in total. The summed E-state index contributed by atoms with van der Waals surface area (Å²) in [5.41, 5.74) is 0.642. The molecule has 0 aromatic heterocycles. The topological polar surface area (TPSA) is 26.7 Å². The van der Waals surface area contributed by atoms with E-state index < -0.39 is 5.60 Å². The Balaban J connectivity index is 1.45. The van der Waals surface area contributed by atoms with Gasteiger partial charge in [0, 0.05) is 23.5 Å². The lowest BCUT2D eigenvalue weighted by molar-refractivity contribution is -0.0338. The lowest BCUT2D eigenvalue weighted by Crippen LogP contribution is -2.48. The van der Waals surface area contributed by atoms with E-state index >= 15 is 0 Å². The van der Waals surface area contributed by atoms with E-state index in [4.69, 9.17) is 11.6 Å². The highest BCUT2D eigenvalue weighted by atomic mass is 35.5. The lowest BCUT2D eigenvalue weighted by Gasteiger charge is -2.44. The molecule has 0 spiro atoms. The van der Waals surface area contributed by atoms with E-state index in [9.17, 15) is 5.11 Å². The predicted molar refractivity (Wildman–Crippen MR) is 112 cm³/mol. The summed E-state index contributed by atoms with van der Waals surface area (Å²) in [7, 11) is 0. The molecule has 1 N–H and O–H groups in total. The number of halogens is 1. The first-order chi connectivity index (χ1) is 13.1. The van der Waals surface area contributed by atoms with Crippen molar-refractivity contribution in [1.82, 2.24) is 9.80 Å². The molecule has 0 amide bonds. The minimum atomic E-state index is -0.575. The second-order valence-electron chi connectivity index (χ2n) is 9.05. The summed E-state index contributed by atoms with van der Waals surface area (Å²) >= 11 is 6.31. The summed E-state index contributed by atoms with van der Waals surface area (Å²) in [6.07, 6.45) is 10.7. The van der Waals surface area contributed by atoms with Crippen molar-refractivity contribution in [3.05, 3.63) is 34.9 Å². The molecule has 1 saturated carbocycles. The Morgan fingerprint density at radius 1 is 1.00 bits per heavy atom. The van der Waals surface area contributed by atoms with Gasteiger partial charge in [-0.3, -0.25) is 0 Å². The van der Waals surface area contributed by atoms with Gasteiger partial charge in [-0.05, 0) is 82.4 Å². The van der Waals surface area contributed by atoms with Gasteiger partial charge < -0.3 is 14.9 Å². The van der Waals surface area contributed by atoms with Crippen LogP contribution in [0.1, 0.15) is 69.3 Å². The summed E-state index contributed by atoms with van der Waals surface area (Å²) in [4.78, 5) is 5.31. The Morgan fingerprint density at radius 2 is 1.70 bits per heavy atom. The molecular formula is C23H35ClN2O. The summed E-state index contributed by atoms with van der Waals surface area (Å²) in [6, 6.07) is 9.01. The Labute approximate surface area is 169 Å². The van der Waals surface area contributed by atoms with Gasteiger partial charge in [0.05, 0.1) is 5.60 Å². The fraction of sp³-hybridized carbons (Fsp3) is 0.739. The highest BCUT2D eigenvalue weighted by Crippen LogP contribution is 2.41. The second-order valence-corrected chi connectivity index (χ2v) is 9.48. The summed E-state index contributed by atoms with van der Waals surface area (Å²) in [5, 5.41) is 12.3. The lowest BCUT2D eigenvalue weighted by atomic mass is 9.72. The van der Waals surface area contributed by atoms with Gasteiger partial charge in [-0.25, -0.2) is 0 Å². The molecule has 2 aliphatic heterocycles. The second kappa shape index (κ2) is 8.82. The molecule has 1 aliphatic carbocycles. The highest BCUT2D eigenvalue weighted by Gasteiger charge is 2.40. The average molecular weight is 391 g/mol. The van der Waals surface area contributed by atoms with E-state index in [0.717, 1.165) is 56.4 Å². The van der Waals surface area contributed by atoms with Gasteiger partial charge in [0.2, 0.25) is 0 Å². The fourth-order valence-corrected chi connectivity index (χ4v) is 5.85. The Bertz CT molecular complexity index is 602. The van der Waals surface area contributed by atoms with Crippen LogP contribution in [0.4, 0.5) is 0 Å². The largest absolute Gasteiger partial charge is 0.389 e. The van der Waals surface area contributed by atoms with Gasteiger partial charge in [-0.2, -0.15) is 0 Å². The molecule has 27 heavy (non-hydrogen) atoms. The number of aliphatic hydroxyl groups is 1. The van der Waals surface area contributed by atoms with E-state index in [1.54, 1.807) is 0 Å². The Morgan fingerprint density at radius 3 is 2.37 bits per heavy atom. The zero-order chi connectivity index (χ0) is 18.7. The number of rotatable bonds is 5. The summed E-state index contributed by atoms with van der Waals surface area (Å²) < 4.78 is 0. The van der Waals surface area contributed by atoms with Crippen LogP contribution in [0.2, 0.25) is 5.02 Å². The molecular weight excluding hydrogens is 356 g/mol. The molecule has 4 heteroatoms. The molecule has 0 radical (unpaired) electrons. The van der Waals surface area contributed by atoms with Crippen LogP contribution in [0, 0.1) is 0 Å². The minimum absolute atomic E-state index is 0.167. The maximum atomic E-state index is 11.6. The molecule has 1 aromatic rings. The maximum absolute atomic E-state index is 11.6. The standard InChI is InChI=1S/C23H35ClN2O/c24-20-8-6-7-19(17-20)22(23(27)11-2-1-3-12-23)18-25-15-9-21(10-16-25)26-13-4-5-14-26/h6-8,17,21-22,27H,1-5,9-16,18H2. The quantitative estimate of drug-likeness (QED) is 0.790. The van der Waals surface area contributed by atoms with Gasteiger partial charge in [-0.15, -0.1) is 0 Å². The first kappa shape index (κ1) is 19.7. The number of hydrogen-bond donors (Lipinski definition) is 1. The molecule has 4 rings (SSSR count). The molecule has 1 atom stereocenters. The van der Waals surface area contributed by atoms with Crippen molar-refractivity contribution in [2.45, 2.75) is 75.3 Å². The summed E-state index contributed by atoms with van der Waals surface area (Å²) in [5.74, 6) is 0.167. The van der Waals surface area contributed by atoms with Gasteiger partial charge >= 0.3 is 0 Å². The van der Waals surface area contributed by atoms with Crippen molar-refractivity contribution in [2.24, 2.45) is 0 Å². The molecule has 3 aliphatic rings. The SMILES string of the molecule is OC1(C(CN2CCC(N3CCCC3)CC2)c2cccc(Cl)c2)CCCCC1. The van der Waals surface area contributed by atoms with Crippen molar-refractivity contribution in [3.63, 3.8) is 0 Å². The monoisotopic (exact) mass is 390 g/mol. The van der Waals surface area contributed by atoms with Gasteiger partial charge in [0.1, 0.15) is 0 Å². The van der Waals surface area contributed by atoms with Crippen LogP contribution in [0.15, 0.2) is 24.3 Å². The zero-order valence-electron chi connectivity index (χ0n) is 16.6. The van der Waals surface area contributed by atoms with Crippen LogP contribution < -0.4 is 0 Å². The molecule has 2 heterocycles. The van der Waals surface area contributed by atoms with E-state index in [0.29, 0.717) is 0 Å². The van der Waals surface area contributed by atoms with Gasteiger partial charge in [-0.1, -0.05) is 43.0 Å². The van der Waals surface area contributed by atoms with E-state index in [1.165, 1.54) is 50.8 Å². The molecule has 0 bridgehead atoms. The van der Waals surface area contributed by atoms with Crippen LogP contribution in [0.25, 0.3) is 0 Å². The van der Waals surface area contributed by atoms with Crippen LogP contribution >= 0.6 is 11.6 Å². The maximum Gasteiger partial charge on any atom is 0.0728 e. The van der Waals surface area contributed by atoms with Crippen molar-refractivity contribution < 1.29 is 5.11 Å². The summed E-state index contributed by atoms with van der Waals surface area (Å²) in [6.45, 7) is 5.89. The number of piperidine rings is 1. The molecule has 2 saturated heterocycles. The first-order valence-electron chi connectivity index (χ1n) is 11.1. The van der Waals surface area contributed by atoms with Crippen LogP contribution in [0.5, 0.6) is 0 Å². The number of nitrogens with zero attached hydrogens (tertiary/aromatic N) is 2. The number of benzene rings is 1. The van der Waals surface area contributed by atoms with Gasteiger partial charge in [0.25, 0.3) is 0 Å². The third-order valence-corrected chi connectivity index (χ3v) is 7.51. The third-order valence-electron chi connectivity index (χ3n) is 7.27. The van der Waals surface area contributed by atoms with E-state index in [1.807, 2.05) is 12.1 Å². The normalized spacial score (nSPS) is 26.3. The van der Waals surface area contributed by atoms with Crippen LogP contribution in [0.3, 0.4) is 0 Å². The Hall–Kier alpha value is -0.610. The fourth-order valence-electron chi connectivity index (χ4n) is 5.65.